The van der Waals surface area contributed by atoms with E-state index in [1.54, 1.807) is 24.3 Å². The number of hydrogen-bond donors (Lipinski definition) is 2. The number of nitrogens with zero attached hydrogens (tertiary/aromatic N) is 2. The molecular weight excluding hydrogens is 557 g/mol. The van der Waals surface area contributed by atoms with Gasteiger partial charge in [-0.15, -0.1) is 0 Å². The first kappa shape index (κ1) is 31.1. The topological polar surface area (TPSA) is 99.1 Å². The SMILES string of the molecule is CC(C)CCC(c1ccc(C(=O)NCCC(=O)O)cc1)N1C(=O)C(c2cccc(-c3ccc(F)cc3)c2)=NC12CCCCC2. The Labute approximate surface area is 258 Å². The molecule has 2 aliphatic rings. The van der Waals surface area contributed by atoms with E-state index >= 15 is 0 Å². The monoisotopic (exact) mass is 597 g/mol. The molecule has 2 N–H and O–H groups in total. The van der Waals surface area contributed by atoms with Crippen molar-refractivity contribution in [3.05, 3.63) is 95.3 Å². The van der Waals surface area contributed by atoms with E-state index in [1.807, 2.05) is 41.3 Å². The van der Waals surface area contributed by atoms with Gasteiger partial charge < -0.3 is 15.3 Å². The van der Waals surface area contributed by atoms with Gasteiger partial charge in [0.2, 0.25) is 0 Å². The molecule has 3 aromatic carbocycles. The van der Waals surface area contributed by atoms with Crippen molar-refractivity contribution in [1.82, 2.24) is 10.2 Å². The van der Waals surface area contributed by atoms with E-state index in [1.165, 1.54) is 12.1 Å². The predicted octanol–water partition coefficient (Wildman–Crippen LogP) is 7.17. The zero-order valence-electron chi connectivity index (χ0n) is 25.4. The van der Waals surface area contributed by atoms with Crippen LogP contribution >= 0.6 is 0 Å². The highest BCUT2D eigenvalue weighted by Crippen LogP contribution is 2.46. The first-order valence-corrected chi connectivity index (χ1v) is 15.6. The highest BCUT2D eigenvalue weighted by Gasteiger charge is 2.50. The van der Waals surface area contributed by atoms with Gasteiger partial charge in [0.05, 0.1) is 12.5 Å². The smallest absolute Gasteiger partial charge is 0.305 e. The molecule has 1 aliphatic carbocycles. The van der Waals surface area contributed by atoms with Crippen molar-refractivity contribution in [2.75, 3.05) is 6.54 Å². The maximum absolute atomic E-state index is 14.5. The number of carbonyl (C=O) groups excluding carboxylic acids is 2. The number of aliphatic carboxylic acids is 1. The largest absolute Gasteiger partial charge is 0.481 e. The summed E-state index contributed by atoms with van der Waals surface area (Å²) in [5.74, 6) is -1.25. The highest BCUT2D eigenvalue weighted by molar-refractivity contribution is 6.47. The molecular formula is C36H40FN3O4. The Kier molecular flexibility index (Phi) is 9.57. The molecule has 2 amide bonds. The summed E-state index contributed by atoms with van der Waals surface area (Å²) in [6.07, 6.45) is 6.20. The second-order valence-electron chi connectivity index (χ2n) is 12.3. The highest BCUT2D eigenvalue weighted by atomic mass is 19.1. The summed E-state index contributed by atoms with van der Waals surface area (Å²) in [7, 11) is 0. The maximum Gasteiger partial charge on any atom is 0.305 e. The summed E-state index contributed by atoms with van der Waals surface area (Å²) in [6.45, 7) is 4.40. The van der Waals surface area contributed by atoms with Gasteiger partial charge in [0.25, 0.3) is 11.8 Å². The third-order valence-electron chi connectivity index (χ3n) is 8.67. The molecule has 1 atom stereocenters. The lowest BCUT2D eigenvalue weighted by Gasteiger charge is -2.44. The molecule has 0 saturated heterocycles. The molecule has 1 unspecified atom stereocenters. The number of halogens is 1. The molecule has 1 heterocycles. The predicted molar refractivity (Wildman–Crippen MR) is 169 cm³/mol. The first-order valence-electron chi connectivity index (χ1n) is 15.6. The van der Waals surface area contributed by atoms with E-state index in [-0.39, 0.29) is 36.6 Å². The van der Waals surface area contributed by atoms with Gasteiger partial charge in [0, 0.05) is 17.7 Å². The molecule has 230 valence electrons. The van der Waals surface area contributed by atoms with Crippen molar-refractivity contribution >= 4 is 23.5 Å². The van der Waals surface area contributed by atoms with E-state index in [4.69, 9.17) is 10.1 Å². The Morgan fingerprint density at radius 2 is 1.61 bits per heavy atom. The van der Waals surface area contributed by atoms with Gasteiger partial charge in [-0.3, -0.25) is 19.4 Å². The zero-order valence-corrected chi connectivity index (χ0v) is 25.4. The summed E-state index contributed by atoms with van der Waals surface area (Å²) in [5.41, 5.74) is 3.72. The summed E-state index contributed by atoms with van der Waals surface area (Å²) >= 11 is 0. The molecule has 1 aliphatic heterocycles. The fourth-order valence-corrected chi connectivity index (χ4v) is 6.37. The standard InChI is InChI=1S/C36H40FN3O4/c1-24(2)9-18-31(26-10-12-27(13-11-26)34(43)38-22-19-32(41)42)40-35(44)33(39-36(40)20-4-3-5-21-36)29-8-6-7-28(23-29)25-14-16-30(37)17-15-25/h6-8,10-17,23-24,31H,3-5,9,18-22H2,1-2H3,(H,38,43)(H,41,42). The Hall–Kier alpha value is -4.33. The van der Waals surface area contributed by atoms with Crippen molar-refractivity contribution in [1.29, 1.82) is 0 Å². The van der Waals surface area contributed by atoms with Crippen LogP contribution < -0.4 is 5.32 Å². The Balaban J connectivity index is 1.48. The number of carboxylic acid groups (broad SMARTS) is 1. The summed E-state index contributed by atoms with van der Waals surface area (Å²) in [4.78, 5) is 45.2. The van der Waals surface area contributed by atoms with Gasteiger partial charge >= 0.3 is 5.97 Å². The van der Waals surface area contributed by atoms with Gasteiger partial charge in [-0.1, -0.05) is 62.7 Å². The molecule has 1 fully saturated rings. The maximum atomic E-state index is 14.5. The van der Waals surface area contributed by atoms with Crippen LogP contribution in [0.15, 0.2) is 77.8 Å². The van der Waals surface area contributed by atoms with Crippen LogP contribution in [0.4, 0.5) is 4.39 Å². The third kappa shape index (κ3) is 6.90. The molecule has 5 rings (SSSR count). The van der Waals surface area contributed by atoms with E-state index < -0.39 is 11.6 Å². The number of carbonyl (C=O) groups is 3. The average Bonchev–Trinajstić information content (AvgIpc) is 3.28. The minimum absolute atomic E-state index is 0.0558. The molecule has 7 nitrogen and oxygen atoms in total. The quantitative estimate of drug-likeness (QED) is 0.245. The van der Waals surface area contributed by atoms with Crippen molar-refractivity contribution in [2.24, 2.45) is 10.9 Å². The van der Waals surface area contributed by atoms with Crippen molar-refractivity contribution < 1.29 is 23.9 Å². The van der Waals surface area contributed by atoms with Crippen molar-refractivity contribution in [3.8, 4) is 11.1 Å². The van der Waals surface area contributed by atoms with E-state index in [0.29, 0.717) is 17.2 Å². The van der Waals surface area contributed by atoms with E-state index in [0.717, 1.165) is 67.2 Å². The van der Waals surface area contributed by atoms with Crippen LogP contribution in [0, 0.1) is 11.7 Å². The lowest BCUT2D eigenvalue weighted by molar-refractivity contribution is -0.137. The van der Waals surface area contributed by atoms with Gasteiger partial charge in [-0.25, -0.2) is 4.39 Å². The number of rotatable bonds is 11. The van der Waals surface area contributed by atoms with Gasteiger partial charge in [0.15, 0.2) is 0 Å². The third-order valence-corrected chi connectivity index (χ3v) is 8.67. The zero-order chi connectivity index (χ0) is 31.3. The van der Waals surface area contributed by atoms with Crippen molar-refractivity contribution in [3.63, 3.8) is 0 Å². The lowest BCUT2D eigenvalue weighted by Crippen LogP contribution is -2.50. The summed E-state index contributed by atoms with van der Waals surface area (Å²) < 4.78 is 13.6. The Morgan fingerprint density at radius 1 is 0.932 bits per heavy atom. The van der Waals surface area contributed by atoms with Crippen LogP contribution in [-0.4, -0.2) is 45.7 Å². The summed E-state index contributed by atoms with van der Waals surface area (Å²) in [5, 5.41) is 11.5. The molecule has 0 bridgehead atoms. The Bertz CT molecular complexity index is 1530. The van der Waals surface area contributed by atoms with Crippen LogP contribution in [0.2, 0.25) is 0 Å². The number of nitrogens with one attached hydrogen (secondary N) is 1. The molecule has 8 heteroatoms. The van der Waals surface area contributed by atoms with Crippen LogP contribution in [0.1, 0.15) is 92.7 Å². The molecule has 3 aromatic rings. The molecule has 0 aromatic heterocycles. The van der Waals surface area contributed by atoms with Gasteiger partial charge in [0.1, 0.15) is 17.2 Å². The van der Waals surface area contributed by atoms with E-state index in [2.05, 4.69) is 19.2 Å². The van der Waals surface area contributed by atoms with Crippen LogP contribution in [-0.2, 0) is 9.59 Å². The second-order valence-corrected chi connectivity index (χ2v) is 12.3. The van der Waals surface area contributed by atoms with Crippen molar-refractivity contribution in [2.45, 2.75) is 76.9 Å². The number of aliphatic imine (C=N–C) groups is 1. The van der Waals surface area contributed by atoms with Crippen LogP contribution in [0.5, 0.6) is 0 Å². The van der Waals surface area contributed by atoms with Crippen LogP contribution in [0.25, 0.3) is 11.1 Å². The number of carboxylic acids is 1. The lowest BCUT2D eigenvalue weighted by atomic mass is 9.85. The Morgan fingerprint density at radius 3 is 2.27 bits per heavy atom. The molecule has 1 spiro atoms. The van der Waals surface area contributed by atoms with Crippen LogP contribution in [0.3, 0.4) is 0 Å². The minimum atomic E-state index is -0.968. The second kappa shape index (κ2) is 13.5. The number of amides is 2. The van der Waals surface area contributed by atoms with E-state index in [9.17, 15) is 18.8 Å². The first-order chi connectivity index (χ1) is 21.2. The fourth-order valence-electron chi connectivity index (χ4n) is 6.37. The fraction of sp³-hybridized carbons (Fsp3) is 0.389. The van der Waals surface area contributed by atoms with Gasteiger partial charge in [-0.05, 0) is 91.5 Å². The minimum Gasteiger partial charge on any atom is -0.481 e. The number of hydrogen-bond acceptors (Lipinski definition) is 4. The normalized spacial score (nSPS) is 16.7. The summed E-state index contributed by atoms with van der Waals surface area (Å²) in [6, 6.07) is 21.2. The van der Waals surface area contributed by atoms with Gasteiger partial charge in [-0.2, -0.15) is 0 Å². The average molecular weight is 598 g/mol. The molecule has 0 radical (unpaired) electrons. The molecule has 44 heavy (non-hydrogen) atoms. The number of benzene rings is 3. The molecule has 1 saturated carbocycles.